The number of nitrogens with zero attached hydrogens (tertiary/aromatic N) is 3. The SMILES string of the molecule is O=c1/c(=C/c2cccc(Br)c2)sc2n1CN(c1ccc(F)cc1)CN=2. The van der Waals surface area contributed by atoms with E-state index in [1.165, 1.54) is 23.5 Å². The normalized spacial score (nSPS) is 14.3. The van der Waals surface area contributed by atoms with Gasteiger partial charge in [-0.3, -0.25) is 9.36 Å². The van der Waals surface area contributed by atoms with Crippen LogP contribution in [0.4, 0.5) is 10.1 Å². The molecule has 0 saturated heterocycles. The quantitative estimate of drug-likeness (QED) is 0.642. The second kappa shape index (κ2) is 6.57. The minimum absolute atomic E-state index is 0.0597. The molecule has 1 aromatic heterocycles. The monoisotopic (exact) mass is 417 g/mol. The summed E-state index contributed by atoms with van der Waals surface area (Å²) in [5.41, 5.74) is 1.74. The summed E-state index contributed by atoms with van der Waals surface area (Å²) in [5.74, 6) is -0.281. The lowest BCUT2D eigenvalue weighted by Crippen LogP contribution is -2.42. The van der Waals surface area contributed by atoms with Gasteiger partial charge in [-0.1, -0.05) is 39.4 Å². The number of halogens is 2. The molecule has 0 radical (unpaired) electrons. The number of anilines is 1. The van der Waals surface area contributed by atoms with Crippen molar-refractivity contribution in [1.82, 2.24) is 4.57 Å². The van der Waals surface area contributed by atoms with Gasteiger partial charge in [-0.25, -0.2) is 9.38 Å². The summed E-state index contributed by atoms with van der Waals surface area (Å²) in [4.78, 5) is 19.9. The van der Waals surface area contributed by atoms with Crippen molar-refractivity contribution in [3.63, 3.8) is 0 Å². The summed E-state index contributed by atoms with van der Waals surface area (Å²) >= 11 is 4.83. The van der Waals surface area contributed by atoms with Crippen molar-refractivity contribution in [2.45, 2.75) is 6.67 Å². The first-order valence-electron chi connectivity index (χ1n) is 7.62. The molecule has 0 fully saturated rings. The molecule has 0 spiro atoms. The number of aromatic nitrogens is 1. The zero-order chi connectivity index (χ0) is 17.4. The van der Waals surface area contributed by atoms with E-state index in [0.29, 0.717) is 22.7 Å². The maximum atomic E-state index is 13.1. The predicted octanol–water partition coefficient (Wildman–Crippen LogP) is 2.70. The van der Waals surface area contributed by atoms with Crippen LogP contribution >= 0.6 is 27.3 Å². The van der Waals surface area contributed by atoms with E-state index in [1.807, 2.05) is 35.2 Å². The van der Waals surface area contributed by atoms with Gasteiger partial charge in [0.05, 0.1) is 4.53 Å². The van der Waals surface area contributed by atoms with Gasteiger partial charge < -0.3 is 4.90 Å². The molecule has 7 heteroatoms. The van der Waals surface area contributed by atoms with Crippen LogP contribution in [0.1, 0.15) is 5.56 Å². The van der Waals surface area contributed by atoms with Gasteiger partial charge in [-0.15, -0.1) is 0 Å². The van der Waals surface area contributed by atoms with E-state index < -0.39 is 0 Å². The fourth-order valence-corrected chi connectivity index (χ4v) is 4.05. The van der Waals surface area contributed by atoms with Crippen LogP contribution in [0, 0.1) is 5.82 Å². The van der Waals surface area contributed by atoms with Gasteiger partial charge in [0, 0.05) is 10.2 Å². The number of hydrogen-bond acceptors (Lipinski definition) is 4. The maximum Gasteiger partial charge on any atom is 0.271 e. The Morgan fingerprint density at radius 3 is 2.76 bits per heavy atom. The Bertz CT molecular complexity index is 1100. The zero-order valence-electron chi connectivity index (χ0n) is 13.0. The van der Waals surface area contributed by atoms with E-state index in [1.54, 1.807) is 16.7 Å². The molecular formula is C18H13BrFN3OS. The fraction of sp³-hybridized carbons (Fsp3) is 0.111. The van der Waals surface area contributed by atoms with Gasteiger partial charge in [0.25, 0.3) is 5.56 Å². The lowest BCUT2D eigenvalue weighted by Gasteiger charge is -2.25. The third kappa shape index (κ3) is 3.29. The molecule has 4 nitrogen and oxygen atoms in total. The average molecular weight is 418 g/mol. The van der Waals surface area contributed by atoms with Crippen molar-refractivity contribution in [3.8, 4) is 0 Å². The van der Waals surface area contributed by atoms with Crippen LogP contribution in [-0.4, -0.2) is 11.2 Å². The molecule has 0 saturated carbocycles. The Hall–Kier alpha value is -2.25. The second-order valence-corrected chi connectivity index (χ2v) is 7.56. The van der Waals surface area contributed by atoms with Gasteiger partial charge in [0.15, 0.2) is 4.80 Å². The third-order valence-corrected chi connectivity index (χ3v) is 5.45. The van der Waals surface area contributed by atoms with Gasteiger partial charge in [0.2, 0.25) is 0 Å². The van der Waals surface area contributed by atoms with E-state index in [4.69, 9.17) is 0 Å². The standard InChI is InChI=1S/C18H13BrFN3OS/c19-13-3-1-2-12(8-13)9-16-17(24)23-11-22(10-21-18(23)25-16)15-6-4-14(20)5-7-15/h1-9H,10-11H2/b16-9-. The summed E-state index contributed by atoms with van der Waals surface area (Å²) in [6, 6.07) is 14.0. The molecular weight excluding hydrogens is 405 g/mol. The molecule has 2 heterocycles. The van der Waals surface area contributed by atoms with Crippen LogP contribution in [0.25, 0.3) is 6.08 Å². The van der Waals surface area contributed by atoms with Crippen LogP contribution < -0.4 is 19.8 Å². The van der Waals surface area contributed by atoms with E-state index >= 15 is 0 Å². The first-order chi connectivity index (χ1) is 12.1. The van der Waals surface area contributed by atoms with Gasteiger partial charge >= 0.3 is 0 Å². The smallest absolute Gasteiger partial charge is 0.271 e. The molecule has 0 bridgehead atoms. The largest absolute Gasteiger partial charge is 0.334 e. The molecule has 1 aliphatic rings. The number of rotatable bonds is 2. The zero-order valence-corrected chi connectivity index (χ0v) is 15.4. The average Bonchev–Trinajstić information content (AvgIpc) is 2.91. The maximum absolute atomic E-state index is 13.1. The van der Waals surface area contributed by atoms with Crippen LogP contribution in [0.15, 0.2) is 62.8 Å². The lowest BCUT2D eigenvalue weighted by atomic mass is 10.2. The van der Waals surface area contributed by atoms with E-state index in [0.717, 1.165) is 15.7 Å². The summed E-state index contributed by atoms with van der Waals surface area (Å²) < 4.78 is 16.4. The number of hydrogen-bond donors (Lipinski definition) is 0. The molecule has 0 N–H and O–H groups in total. The number of fused-ring (bicyclic) bond motifs is 1. The van der Waals surface area contributed by atoms with E-state index in [9.17, 15) is 9.18 Å². The molecule has 0 aliphatic carbocycles. The number of thiazole rings is 1. The van der Waals surface area contributed by atoms with Crippen LogP contribution in [0.3, 0.4) is 0 Å². The van der Waals surface area contributed by atoms with Crippen molar-refractivity contribution in [2.24, 2.45) is 4.99 Å². The van der Waals surface area contributed by atoms with Crippen molar-refractivity contribution in [1.29, 1.82) is 0 Å². The first kappa shape index (κ1) is 16.2. The first-order valence-corrected chi connectivity index (χ1v) is 9.23. The summed E-state index contributed by atoms with van der Waals surface area (Å²) in [6.07, 6.45) is 1.88. The molecule has 0 amide bonds. The van der Waals surface area contributed by atoms with Crippen LogP contribution in [-0.2, 0) is 6.67 Å². The van der Waals surface area contributed by atoms with Crippen molar-refractivity contribution >= 4 is 39.0 Å². The third-order valence-electron chi connectivity index (χ3n) is 3.92. The van der Waals surface area contributed by atoms with Crippen molar-refractivity contribution in [2.75, 3.05) is 11.6 Å². The van der Waals surface area contributed by atoms with Crippen LogP contribution in [0.5, 0.6) is 0 Å². The minimum Gasteiger partial charge on any atom is -0.334 e. The Morgan fingerprint density at radius 1 is 1.20 bits per heavy atom. The highest BCUT2D eigenvalue weighted by Gasteiger charge is 2.15. The second-order valence-electron chi connectivity index (χ2n) is 5.64. The van der Waals surface area contributed by atoms with E-state index in [-0.39, 0.29) is 11.4 Å². The van der Waals surface area contributed by atoms with Crippen LogP contribution in [0.2, 0.25) is 0 Å². The summed E-state index contributed by atoms with van der Waals surface area (Å²) in [6.45, 7) is 0.855. The van der Waals surface area contributed by atoms with Crippen molar-refractivity contribution in [3.05, 3.63) is 84.1 Å². The number of benzene rings is 2. The Balaban J connectivity index is 1.71. The molecule has 0 unspecified atom stereocenters. The Labute approximate surface area is 155 Å². The molecule has 126 valence electrons. The summed E-state index contributed by atoms with van der Waals surface area (Å²) in [5, 5.41) is 0. The Kier molecular flexibility index (Phi) is 4.27. The lowest BCUT2D eigenvalue weighted by molar-refractivity contribution is 0.568. The topological polar surface area (TPSA) is 37.6 Å². The van der Waals surface area contributed by atoms with Gasteiger partial charge in [0.1, 0.15) is 19.2 Å². The summed E-state index contributed by atoms with van der Waals surface area (Å²) in [7, 11) is 0. The minimum atomic E-state index is -0.281. The molecule has 4 rings (SSSR count). The van der Waals surface area contributed by atoms with Crippen molar-refractivity contribution < 1.29 is 4.39 Å². The Morgan fingerprint density at radius 2 is 2.00 bits per heavy atom. The fourth-order valence-electron chi connectivity index (χ4n) is 2.67. The molecule has 2 aromatic carbocycles. The highest BCUT2D eigenvalue weighted by Crippen LogP contribution is 2.16. The molecule has 0 atom stereocenters. The molecule has 3 aromatic rings. The molecule has 25 heavy (non-hydrogen) atoms. The van der Waals surface area contributed by atoms with E-state index in [2.05, 4.69) is 20.9 Å². The highest BCUT2D eigenvalue weighted by molar-refractivity contribution is 9.10. The predicted molar refractivity (Wildman–Crippen MR) is 101 cm³/mol. The van der Waals surface area contributed by atoms with Gasteiger partial charge in [-0.2, -0.15) is 0 Å². The molecule has 1 aliphatic heterocycles. The van der Waals surface area contributed by atoms with Gasteiger partial charge in [-0.05, 0) is 48.0 Å². The highest BCUT2D eigenvalue weighted by atomic mass is 79.9.